The number of para-hydroxylation sites is 2. The van der Waals surface area contributed by atoms with Crippen LogP contribution in [-0.2, 0) is 15.2 Å². The molecule has 4 aromatic carbocycles. The Bertz CT molecular complexity index is 1940. The van der Waals surface area contributed by atoms with Crippen LogP contribution in [-0.4, -0.2) is 62.7 Å². The van der Waals surface area contributed by atoms with Crippen LogP contribution in [0.5, 0.6) is 17.2 Å². The summed E-state index contributed by atoms with van der Waals surface area (Å²) < 4.78 is 17.2. The molecule has 9 nitrogen and oxygen atoms in total. The van der Waals surface area contributed by atoms with Crippen molar-refractivity contribution in [2.45, 2.75) is 51.2 Å². The van der Waals surface area contributed by atoms with Gasteiger partial charge in [-0.15, -0.1) is 0 Å². The van der Waals surface area contributed by atoms with E-state index in [1.54, 1.807) is 21.3 Å². The third kappa shape index (κ3) is 6.74. The second-order valence-electron chi connectivity index (χ2n) is 15.1. The first kappa shape index (κ1) is 36.1. The number of nitrogens with zero attached hydrogens (tertiary/aromatic N) is 2. The number of amides is 1. The van der Waals surface area contributed by atoms with Gasteiger partial charge in [-0.05, 0) is 71.6 Å². The maximum absolute atomic E-state index is 14.6. The fourth-order valence-electron chi connectivity index (χ4n) is 8.65. The minimum absolute atomic E-state index is 0.0276. The highest BCUT2D eigenvalue weighted by Crippen LogP contribution is 2.51. The van der Waals surface area contributed by atoms with Crippen molar-refractivity contribution in [1.29, 1.82) is 0 Å². The van der Waals surface area contributed by atoms with Gasteiger partial charge in [-0.2, -0.15) is 0 Å². The van der Waals surface area contributed by atoms with Crippen LogP contribution in [0.4, 0.5) is 11.4 Å². The summed E-state index contributed by atoms with van der Waals surface area (Å²) in [4.78, 5) is 32.9. The van der Waals surface area contributed by atoms with Crippen molar-refractivity contribution < 1.29 is 28.9 Å². The Labute approximate surface area is 312 Å². The SMILES string of the molecule is COc1cc(C2C3=C(CC(C)(C)CC3=O)Nc3ccccc3N2CC(=O)N2CCC(C(O)(c3ccccc3)c3ccccc3)CC2)cc(OC)c1OC. The van der Waals surface area contributed by atoms with Crippen LogP contribution in [0, 0.1) is 11.3 Å². The predicted octanol–water partition coefficient (Wildman–Crippen LogP) is 7.50. The molecular formula is C44H49N3O6. The fraction of sp³-hybridized carbons (Fsp3) is 0.364. The van der Waals surface area contributed by atoms with Crippen molar-refractivity contribution >= 4 is 23.1 Å². The van der Waals surface area contributed by atoms with E-state index < -0.39 is 11.6 Å². The van der Waals surface area contributed by atoms with Crippen LogP contribution >= 0.6 is 0 Å². The number of hydrogen-bond acceptors (Lipinski definition) is 8. The van der Waals surface area contributed by atoms with Gasteiger partial charge in [0.1, 0.15) is 5.60 Å². The molecule has 1 unspecified atom stereocenters. The summed E-state index contributed by atoms with van der Waals surface area (Å²) in [5.74, 6) is 1.28. The van der Waals surface area contributed by atoms with Gasteiger partial charge in [-0.3, -0.25) is 9.59 Å². The summed E-state index contributed by atoms with van der Waals surface area (Å²) in [7, 11) is 4.71. The lowest BCUT2D eigenvalue weighted by atomic mass is 9.72. The zero-order valence-electron chi connectivity index (χ0n) is 31.2. The number of ether oxygens (including phenoxy) is 3. The lowest BCUT2D eigenvalue weighted by Gasteiger charge is -2.43. The molecular weight excluding hydrogens is 666 g/mol. The average Bonchev–Trinajstić information content (AvgIpc) is 3.31. The van der Waals surface area contributed by atoms with Crippen LogP contribution in [0.2, 0.25) is 0 Å². The number of benzene rings is 4. The normalized spacial score (nSPS) is 18.8. The molecule has 276 valence electrons. The molecule has 7 rings (SSSR count). The molecule has 1 amide bonds. The van der Waals surface area contributed by atoms with E-state index in [0.717, 1.165) is 33.8 Å². The van der Waals surface area contributed by atoms with Crippen LogP contribution in [0.15, 0.2) is 108 Å². The van der Waals surface area contributed by atoms with Crippen molar-refractivity contribution in [3.05, 3.63) is 125 Å². The molecule has 2 heterocycles. The van der Waals surface area contributed by atoms with E-state index >= 15 is 0 Å². The van der Waals surface area contributed by atoms with E-state index in [1.807, 2.05) is 102 Å². The largest absolute Gasteiger partial charge is 0.493 e. The number of carbonyl (C=O) groups is 2. The average molecular weight is 716 g/mol. The molecule has 2 N–H and O–H groups in total. The Morgan fingerprint density at radius 2 is 1.40 bits per heavy atom. The van der Waals surface area contributed by atoms with Gasteiger partial charge in [-0.1, -0.05) is 86.6 Å². The Hall–Kier alpha value is -5.28. The number of ketones is 1. The third-order valence-electron chi connectivity index (χ3n) is 11.2. The highest BCUT2D eigenvalue weighted by atomic mass is 16.5. The zero-order chi connectivity index (χ0) is 37.3. The number of likely N-dealkylation sites (tertiary alicyclic amines) is 1. The Kier molecular flexibility index (Phi) is 9.96. The van der Waals surface area contributed by atoms with Gasteiger partial charge in [0.05, 0.1) is 45.3 Å². The number of aliphatic hydroxyl groups is 1. The van der Waals surface area contributed by atoms with Crippen molar-refractivity contribution in [3.8, 4) is 17.2 Å². The van der Waals surface area contributed by atoms with Crippen molar-refractivity contribution in [2.75, 3.05) is 51.2 Å². The summed E-state index contributed by atoms with van der Waals surface area (Å²) in [6, 6.07) is 30.7. The lowest BCUT2D eigenvalue weighted by Crippen LogP contribution is -2.49. The van der Waals surface area contributed by atoms with E-state index in [2.05, 4.69) is 24.1 Å². The van der Waals surface area contributed by atoms with Gasteiger partial charge in [-0.25, -0.2) is 0 Å². The van der Waals surface area contributed by atoms with E-state index in [1.165, 1.54) is 0 Å². The number of nitrogens with one attached hydrogen (secondary N) is 1. The standard InChI is InChI=1S/C44H49N3O6/c1-43(2)26-34-40(36(48)27-43)41(29-24-37(51-3)42(53-5)38(25-29)52-4)47(35-19-13-12-18-33(35)45-34)28-39(49)46-22-20-32(21-23-46)44(50,30-14-8-6-9-15-30)31-16-10-7-11-17-31/h6-19,24-25,32,41,45,50H,20-23,26-28H2,1-5H3. The first-order valence-electron chi connectivity index (χ1n) is 18.4. The Morgan fingerprint density at radius 1 is 0.830 bits per heavy atom. The van der Waals surface area contributed by atoms with Crippen LogP contribution in [0.25, 0.3) is 0 Å². The number of Topliss-reactive ketones (excluding diaryl/α,β-unsaturated/α-hetero) is 1. The number of rotatable bonds is 9. The molecule has 0 saturated carbocycles. The van der Waals surface area contributed by atoms with Gasteiger partial charge >= 0.3 is 0 Å². The van der Waals surface area contributed by atoms with Gasteiger partial charge in [0.2, 0.25) is 11.7 Å². The molecule has 1 atom stereocenters. The molecule has 1 fully saturated rings. The Balaban J connectivity index is 1.25. The van der Waals surface area contributed by atoms with Crippen LogP contribution in [0.1, 0.15) is 62.3 Å². The molecule has 0 bridgehead atoms. The van der Waals surface area contributed by atoms with Crippen LogP contribution < -0.4 is 24.4 Å². The molecule has 0 radical (unpaired) electrons. The van der Waals surface area contributed by atoms with Crippen molar-refractivity contribution in [2.24, 2.45) is 11.3 Å². The summed E-state index contributed by atoms with van der Waals surface area (Å²) in [6.45, 7) is 5.25. The second kappa shape index (κ2) is 14.6. The number of allylic oxidation sites excluding steroid dienone is 1. The predicted molar refractivity (Wildman–Crippen MR) is 206 cm³/mol. The molecule has 1 aliphatic carbocycles. The molecule has 0 aromatic heterocycles. The molecule has 0 spiro atoms. The first-order chi connectivity index (χ1) is 25.6. The maximum atomic E-state index is 14.6. The van der Waals surface area contributed by atoms with Crippen molar-refractivity contribution in [1.82, 2.24) is 4.90 Å². The van der Waals surface area contributed by atoms with E-state index in [4.69, 9.17) is 14.2 Å². The zero-order valence-corrected chi connectivity index (χ0v) is 31.2. The topological polar surface area (TPSA) is 101 Å². The van der Waals surface area contributed by atoms with Crippen molar-refractivity contribution in [3.63, 3.8) is 0 Å². The number of carbonyl (C=O) groups excluding carboxylic acids is 2. The van der Waals surface area contributed by atoms with Gasteiger partial charge in [0.25, 0.3) is 0 Å². The third-order valence-corrected chi connectivity index (χ3v) is 11.2. The van der Waals surface area contributed by atoms with Gasteiger partial charge in [0, 0.05) is 30.8 Å². The number of fused-ring (bicyclic) bond motifs is 1. The summed E-state index contributed by atoms with van der Waals surface area (Å²) >= 11 is 0. The minimum atomic E-state index is -1.19. The molecule has 1 saturated heterocycles. The van der Waals surface area contributed by atoms with E-state index in [0.29, 0.717) is 61.6 Å². The number of piperidine rings is 1. The fourth-order valence-corrected chi connectivity index (χ4v) is 8.65. The summed E-state index contributed by atoms with van der Waals surface area (Å²) in [6.07, 6.45) is 2.31. The molecule has 3 aliphatic rings. The highest BCUT2D eigenvalue weighted by Gasteiger charge is 2.45. The number of methoxy groups -OCH3 is 3. The highest BCUT2D eigenvalue weighted by molar-refractivity contribution is 6.02. The second-order valence-corrected chi connectivity index (χ2v) is 15.1. The minimum Gasteiger partial charge on any atom is -0.493 e. The smallest absolute Gasteiger partial charge is 0.242 e. The van der Waals surface area contributed by atoms with Gasteiger partial charge in [0.15, 0.2) is 17.3 Å². The molecule has 9 heteroatoms. The van der Waals surface area contributed by atoms with E-state index in [9.17, 15) is 14.7 Å². The molecule has 2 aliphatic heterocycles. The maximum Gasteiger partial charge on any atom is 0.242 e. The van der Waals surface area contributed by atoms with Crippen LogP contribution in [0.3, 0.4) is 0 Å². The van der Waals surface area contributed by atoms with E-state index in [-0.39, 0.29) is 29.6 Å². The Morgan fingerprint density at radius 3 is 1.96 bits per heavy atom. The summed E-state index contributed by atoms with van der Waals surface area (Å²) in [5.41, 5.74) is 4.16. The monoisotopic (exact) mass is 715 g/mol. The summed E-state index contributed by atoms with van der Waals surface area (Å²) in [5, 5.41) is 16.1. The first-order valence-corrected chi connectivity index (χ1v) is 18.4. The molecule has 53 heavy (non-hydrogen) atoms. The van der Waals surface area contributed by atoms with Gasteiger partial charge < -0.3 is 34.4 Å². The lowest BCUT2D eigenvalue weighted by molar-refractivity contribution is -0.132. The number of hydrogen-bond donors (Lipinski definition) is 2. The quantitative estimate of drug-likeness (QED) is 0.184. The molecule has 4 aromatic rings. The number of anilines is 2.